The predicted molar refractivity (Wildman–Crippen MR) is 77.6 cm³/mol. The van der Waals surface area contributed by atoms with Crippen molar-refractivity contribution in [2.75, 3.05) is 0 Å². The van der Waals surface area contributed by atoms with Gasteiger partial charge in [0.1, 0.15) is 0 Å². The lowest BCUT2D eigenvalue weighted by molar-refractivity contribution is 0.556. The summed E-state index contributed by atoms with van der Waals surface area (Å²) in [5.41, 5.74) is 0. The van der Waals surface area contributed by atoms with Crippen molar-refractivity contribution in [1.82, 2.24) is 0 Å². The second kappa shape index (κ2) is 9.21. The lowest BCUT2D eigenvalue weighted by atomic mass is 9.79. The number of thiol groups is 1. The van der Waals surface area contributed by atoms with Crippen LogP contribution in [0.1, 0.15) is 64.2 Å². The monoisotopic (exact) mass is 236 g/mol. The summed E-state index contributed by atoms with van der Waals surface area (Å²) < 4.78 is 0. The van der Waals surface area contributed by atoms with Gasteiger partial charge in [-0.05, 0) is 25.7 Å². The van der Waals surface area contributed by atoms with Gasteiger partial charge in [-0.25, -0.2) is 0 Å². The summed E-state index contributed by atoms with van der Waals surface area (Å²) in [4.78, 5) is 0. The molecule has 0 aliphatic heterocycles. The number of rotatable bonds is 0. The van der Waals surface area contributed by atoms with E-state index in [0.717, 1.165) is 12.8 Å². The standard InChI is InChI=1S/C14H25BS/c15-13-9-5-1-3-7-11-14(16)12-8-4-2-6-10-13/h1,3,13-14,16H,2,4-12H2/b3-1-. The van der Waals surface area contributed by atoms with Crippen LogP contribution < -0.4 is 0 Å². The minimum atomic E-state index is 0.421. The second-order valence-corrected chi connectivity index (χ2v) is 5.76. The molecule has 0 N–H and O–H groups in total. The first-order chi connectivity index (χ1) is 7.79. The topological polar surface area (TPSA) is 0 Å². The van der Waals surface area contributed by atoms with Crippen LogP contribution in [-0.4, -0.2) is 13.1 Å². The van der Waals surface area contributed by atoms with Crippen LogP contribution >= 0.6 is 12.6 Å². The third-order valence-electron chi connectivity index (χ3n) is 3.40. The van der Waals surface area contributed by atoms with E-state index in [4.69, 9.17) is 7.85 Å². The summed E-state index contributed by atoms with van der Waals surface area (Å²) in [6.45, 7) is 0. The van der Waals surface area contributed by atoms with Crippen LogP contribution in [0, 0.1) is 0 Å². The zero-order valence-electron chi connectivity index (χ0n) is 10.4. The third-order valence-corrected chi connectivity index (χ3v) is 3.92. The fraction of sp³-hybridized carbons (Fsp3) is 0.857. The predicted octanol–water partition coefficient (Wildman–Crippen LogP) is 4.71. The Hall–Kier alpha value is 0.155. The number of allylic oxidation sites excluding steroid dienone is 2. The van der Waals surface area contributed by atoms with Crippen LogP contribution in [-0.2, 0) is 0 Å². The van der Waals surface area contributed by atoms with Gasteiger partial charge in [-0.15, -0.1) is 0 Å². The van der Waals surface area contributed by atoms with Crippen molar-refractivity contribution >= 4 is 20.5 Å². The highest BCUT2D eigenvalue weighted by molar-refractivity contribution is 7.80. The molecule has 1 rings (SSSR count). The van der Waals surface area contributed by atoms with Crippen molar-refractivity contribution in [2.24, 2.45) is 0 Å². The van der Waals surface area contributed by atoms with Gasteiger partial charge in [0.15, 0.2) is 0 Å². The molecule has 1 aliphatic carbocycles. The Morgan fingerprint density at radius 3 is 2.19 bits per heavy atom. The first kappa shape index (κ1) is 14.2. The van der Waals surface area contributed by atoms with E-state index in [9.17, 15) is 0 Å². The molecule has 0 heterocycles. The molecular formula is C14H25BS. The molecule has 0 amide bonds. The van der Waals surface area contributed by atoms with E-state index in [1.54, 1.807) is 0 Å². The van der Waals surface area contributed by atoms with Crippen molar-refractivity contribution in [3.8, 4) is 0 Å². The highest BCUT2D eigenvalue weighted by Gasteiger charge is 2.04. The number of hydrogen-bond acceptors (Lipinski definition) is 1. The van der Waals surface area contributed by atoms with E-state index in [1.165, 1.54) is 51.4 Å². The van der Waals surface area contributed by atoms with Gasteiger partial charge in [0.25, 0.3) is 0 Å². The molecule has 2 radical (unpaired) electrons. The van der Waals surface area contributed by atoms with Gasteiger partial charge in [-0.3, -0.25) is 0 Å². The largest absolute Gasteiger partial charge is 0.176 e. The highest BCUT2D eigenvalue weighted by atomic mass is 32.1. The van der Waals surface area contributed by atoms with Crippen molar-refractivity contribution in [1.29, 1.82) is 0 Å². The quantitative estimate of drug-likeness (QED) is 0.351. The Bertz CT molecular complexity index is 171. The lowest BCUT2D eigenvalue weighted by Crippen LogP contribution is -1.98. The normalized spacial score (nSPS) is 32.8. The molecule has 0 spiro atoms. The molecule has 0 nitrogen and oxygen atoms in total. The summed E-state index contributed by atoms with van der Waals surface area (Å²) in [6, 6.07) is 0. The molecule has 0 saturated heterocycles. The van der Waals surface area contributed by atoms with Gasteiger partial charge in [0, 0.05) is 5.25 Å². The van der Waals surface area contributed by atoms with Crippen LogP contribution in [0.2, 0.25) is 5.82 Å². The Morgan fingerprint density at radius 2 is 1.44 bits per heavy atom. The van der Waals surface area contributed by atoms with Gasteiger partial charge in [-0.2, -0.15) is 12.6 Å². The summed E-state index contributed by atoms with van der Waals surface area (Å²) in [5.74, 6) is 0.421. The first-order valence-corrected chi connectivity index (χ1v) is 7.39. The highest BCUT2D eigenvalue weighted by Crippen LogP contribution is 2.21. The van der Waals surface area contributed by atoms with E-state index >= 15 is 0 Å². The van der Waals surface area contributed by atoms with Gasteiger partial charge < -0.3 is 0 Å². The fourth-order valence-corrected chi connectivity index (χ4v) is 2.59. The van der Waals surface area contributed by atoms with Crippen LogP contribution in [0.25, 0.3) is 0 Å². The van der Waals surface area contributed by atoms with E-state index in [0.29, 0.717) is 11.1 Å². The summed E-state index contributed by atoms with van der Waals surface area (Å²) >= 11 is 4.63. The second-order valence-electron chi connectivity index (χ2n) is 5.03. The van der Waals surface area contributed by atoms with Crippen molar-refractivity contribution in [3.05, 3.63) is 12.2 Å². The molecule has 0 aromatic carbocycles. The average molecular weight is 236 g/mol. The Labute approximate surface area is 108 Å². The van der Waals surface area contributed by atoms with Crippen molar-refractivity contribution in [3.63, 3.8) is 0 Å². The Morgan fingerprint density at radius 1 is 0.812 bits per heavy atom. The van der Waals surface area contributed by atoms with Crippen LogP contribution in [0.3, 0.4) is 0 Å². The molecule has 90 valence electrons. The summed E-state index contributed by atoms with van der Waals surface area (Å²) in [5, 5.41) is 0.606. The van der Waals surface area contributed by atoms with Crippen LogP contribution in [0.15, 0.2) is 12.2 Å². The van der Waals surface area contributed by atoms with Gasteiger partial charge in [0.2, 0.25) is 0 Å². The van der Waals surface area contributed by atoms with Crippen LogP contribution in [0.4, 0.5) is 0 Å². The molecule has 0 aromatic rings. The molecular weight excluding hydrogens is 211 g/mol. The van der Waals surface area contributed by atoms with Gasteiger partial charge in [0.05, 0.1) is 7.85 Å². The molecule has 0 saturated carbocycles. The minimum absolute atomic E-state index is 0.421. The summed E-state index contributed by atoms with van der Waals surface area (Å²) in [7, 11) is 6.06. The minimum Gasteiger partial charge on any atom is -0.176 e. The molecule has 0 bridgehead atoms. The average Bonchev–Trinajstić information content (AvgIpc) is 2.27. The molecule has 0 fully saturated rings. The third kappa shape index (κ3) is 7.43. The van der Waals surface area contributed by atoms with Gasteiger partial charge >= 0.3 is 0 Å². The Balaban J connectivity index is 2.27. The first-order valence-electron chi connectivity index (χ1n) is 6.87. The molecule has 0 aromatic heterocycles. The molecule has 2 heteroatoms. The molecule has 2 unspecified atom stereocenters. The molecule has 2 atom stereocenters. The van der Waals surface area contributed by atoms with E-state index in [1.807, 2.05) is 0 Å². The molecule has 1 aliphatic rings. The zero-order chi connectivity index (χ0) is 11.6. The van der Waals surface area contributed by atoms with Crippen molar-refractivity contribution in [2.45, 2.75) is 75.3 Å². The smallest absolute Gasteiger partial charge is 0.0699 e. The maximum atomic E-state index is 6.06. The van der Waals surface area contributed by atoms with E-state index in [2.05, 4.69) is 24.8 Å². The van der Waals surface area contributed by atoms with E-state index in [-0.39, 0.29) is 0 Å². The maximum Gasteiger partial charge on any atom is 0.0699 e. The van der Waals surface area contributed by atoms with E-state index < -0.39 is 0 Å². The SMILES string of the molecule is [B]C1CC/C=C\CCC(S)CCCCCC1. The fourth-order valence-electron chi connectivity index (χ4n) is 2.26. The molecule has 16 heavy (non-hydrogen) atoms. The Kier molecular flexibility index (Phi) is 8.19. The lowest BCUT2D eigenvalue weighted by Gasteiger charge is -2.12. The number of hydrogen-bond donors (Lipinski definition) is 1. The van der Waals surface area contributed by atoms with Gasteiger partial charge in [-0.1, -0.05) is 56.5 Å². The maximum absolute atomic E-state index is 6.06. The summed E-state index contributed by atoms with van der Waals surface area (Å²) in [6.07, 6.45) is 17.2. The zero-order valence-corrected chi connectivity index (χ0v) is 11.3. The van der Waals surface area contributed by atoms with Crippen LogP contribution in [0.5, 0.6) is 0 Å². The van der Waals surface area contributed by atoms with Crippen molar-refractivity contribution < 1.29 is 0 Å².